The number of thiazole rings is 1. The lowest BCUT2D eigenvalue weighted by molar-refractivity contribution is 0.409. The molecule has 0 saturated carbocycles. The molecule has 0 radical (unpaired) electrons. The minimum absolute atomic E-state index is 0.140. The maximum atomic E-state index is 12.7. The Kier molecular flexibility index (Phi) is 5.15. The van der Waals surface area contributed by atoms with Gasteiger partial charge in [0.15, 0.2) is 0 Å². The zero-order valence-corrected chi connectivity index (χ0v) is 16.0. The number of nitrogens with zero attached hydrogens (tertiary/aromatic N) is 2. The minimum atomic E-state index is -3.84. The van der Waals surface area contributed by atoms with Crippen molar-refractivity contribution in [1.29, 1.82) is 0 Å². The quantitative estimate of drug-likeness (QED) is 0.606. The van der Waals surface area contributed by atoms with Crippen LogP contribution in [0.25, 0.3) is 10.2 Å². The molecular weight excluding hydrogens is 372 g/mol. The molecule has 0 fully saturated rings. The predicted octanol–water partition coefficient (Wildman–Crippen LogP) is 3.20. The number of fused-ring (bicyclic) bond motifs is 1. The second-order valence-electron chi connectivity index (χ2n) is 5.31. The maximum Gasteiger partial charge on any atom is 0.285 e. The van der Waals surface area contributed by atoms with Gasteiger partial charge in [0.05, 0.1) is 19.1 Å². The third kappa shape index (κ3) is 3.25. The molecule has 8 heteroatoms. The van der Waals surface area contributed by atoms with E-state index in [0.29, 0.717) is 22.8 Å². The molecule has 1 heterocycles. The predicted molar refractivity (Wildman–Crippen MR) is 102 cm³/mol. The lowest BCUT2D eigenvalue weighted by atomic mass is 10.3. The molecule has 0 spiro atoms. The van der Waals surface area contributed by atoms with E-state index in [0.717, 1.165) is 10.2 Å². The van der Waals surface area contributed by atoms with E-state index in [1.165, 1.54) is 23.5 Å². The molecule has 0 unspecified atom stereocenters. The van der Waals surface area contributed by atoms with Crippen LogP contribution in [0.15, 0.2) is 64.4 Å². The molecule has 0 aliphatic carbocycles. The molecule has 3 rings (SSSR count). The van der Waals surface area contributed by atoms with E-state index in [1.54, 1.807) is 55.2 Å². The van der Waals surface area contributed by atoms with E-state index >= 15 is 0 Å². The van der Waals surface area contributed by atoms with Crippen LogP contribution in [0.5, 0.6) is 11.5 Å². The summed E-state index contributed by atoms with van der Waals surface area (Å²) in [5.74, 6) is 1.24. The molecule has 0 saturated heterocycles. The highest BCUT2D eigenvalue weighted by atomic mass is 32.2. The summed E-state index contributed by atoms with van der Waals surface area (Å²) in [7, 11) is -0.712. The molecule has 0 N–H and O–H groups in total. The second kappa shape index (κ2) is 7.35. The molecular formula is C18H18N2O4S2. The standard InChI is InChI=1S/C18H18N2O4S2/c1-4-12-20-16-14(23-2)10-11-15(24-3)17(16)25-18(20)19-26(21,22)13-8-6-5-7-9-13/h4-11H,1,12H2,2-3H3. The zero-order valence-electron chi connectivity index (χ0n) is 14.4. The SMILES string of the molecule is C=CCn1c(=NS(=O)(=O)c2ccccc2)sc2c(OC)ccc(OC)c21. The number of benzene rings is 2. The van der Waals surface area contributed by atoms with Gasteiger partial charge in [0.25, 0.3) is 10.0 Å². The Labute approximate surface area is 155 Å². The molecule has 0 aliphatic rings. The fourth-order valence-electron chi connectivity index (χ4n) is 2.57. The lowest BCUT2D eigenvalue weighted by Crippen LogP contribution is -2.16. The number of hydrogen-bond acceptors (Lipinski definition) is 5. The minimum Gasteiger partial charge on any atom is -0.495 e. The summed E-state index contributed by atoms with van der Waals surface area (Å²) in [4.78, 5) is 0.466. The zero-order chi connectivity index (χ0) is 18.7. The molecule has 2 aromatic carbocycles. The number of ether oxygens (including phenoxy) is 2. The number of allylic oxidation sites excluding steroid dienone is 1. The molecule has 6 nitrogen and oxygen atoms in total. The van der Waals surface area contributed by atoms with E-state index < -0.39 is 10.0 Å². The van der Waals surface area contributed by atoms with Gasteiger partial charge >= 0.3 is 0 Å². The van der Waals surface area contributed by atoms with Crippen molar-refractivity contribution >= 4 is 31.6 Å². The Balaban J connectivity index is 2.36. The molecule has 3 aromatic rings. The average Bonchev–Trinajstić information content (AvgIpc) is 3.00. The van der Waals surface area contributed by atoms with Gasteiger partial charge in [0.2, 0.25) is 4.80 Å². The van der Waals surface area contributed by atoms with Gasteiger partial charge in [0, 0.05) is 6.54 Å². The van der Waals surface area contributed by atoms with Crippen molar-refractivity contribution in [3.8, 4) is 11.5 Å². The van der Waals surface area contributed by atoms with E-state index in [-0.39, 0.29) is 4.90 Å². The summed E-state index contributed by atoms with van der Waals surface area (Å²) in [6.45, 7) is 4.14. The van der Waals surface area contributed by atoms with Gasteiger partial charge < -0.3 is 14.0 Å². The fraction of sp³-hybridized carbons (Fsp3) is 0.167. The van der Waals surface area contributed by atoms with Crippen LogP contribution in [0, 0.1) is 0 Å². The first-order valence-electron chi connectivity index (χ1n) is 7.73. The Hall–Kier alpha value is -2.58. The Morgan fingerprint density at radius 3 is 2.38 bits per heavy atom. The molecule has 0 amide bonds. The summed E-state index contributed by atoms with van der Waals surface area (Å²) >= 11 is 1.23. The maximum absolute atomic E-state index is 12.7. The number of methoxy groups -OCH3 is 2. The normalized spacial score (nSPS) is 12.3. The monoisotopic (exact) mass is 390 g/mol. The van der Waals surface area contributed by atoms with Crippen LogP contribution < -0.4 is 14.3 Å². The number of aromatic nitrogens is 1. The number of sulfonamides is 1. The molecule has 0 aliphatic heterocycles. The van der Waals surface area contributed by atoms with Crippen LogP contribution in [-0.2, 0) is 16.6 Å². The van der Waals surface area contributed by atoms with Gasteiger partial charge in [-0.3, -0.25) is 0 Å². The highest BCUT2D eigenvalue weighted by molar-refractivity contribution is 7.90. The van der Waals surface area contributed by atoms with Gasteiger partial charge in [-0.2, -0.15) is 8.42 Å². The van der Waals surface area contributed by atoms with Crippen LogP contribution in [-0.4, -0.2) is 27.2 Å². The van der Waals surface area contributed by atoms with E-state index in [4.69, 9.17) is 9.47 Å². The van der Waals surface area contributed by atoms with Gasteiger partial charge in [0.1, 0.15) is 21.7 Å². The van der Waals surface area contributed by atoms with Gasteiger partial charge in [-0.05, 0) is 24.3 Å². The van der Waals surface area contributed by atoms with E-state index in [9.17, 15) is 8.42 Å². The third-order valence-corrected chi connectivity index (χ3v) is 6.23. The first kappa shape index (κ1) is 18.2. The highest BCUT2D eigenvalue weighted by Crippen LogP contribution is 2.35. The smallest absolute Gasteiger partial charge is 0.285 e. The van der Waals surface area contributed by atoms with Crippen molar-refractivity contribution in [3.05, 3.63) is 59.9 Å². The van der Waals surface area contributed by atoms with Gasteiger partial charge in [-0.1, -0.05) is 35.6 Å². The van der Waals surface area contributed by atoms with Crippen molar-refractivity contribution < 1.29 is 17.9 Å². The largest absolute Gasteiger partial charge is 0.495 e. The number of hydrogen-bond donors (Lipinski definition) is 0. The van der Waals surface area contributed by atoms with Crippen LogP contribution in [0.1, 0.15) is 0 Å². The van der Waals surface area contributed by atoms with Crippen LogP contribution in [0.2, 0.25) is 0 Å². The van der Waals surface area contributed by atoms with Crippen molar-refractivity contribution in [2.24, 2.45) is 4.40 Å². The van der Waals surface area contributed by atoms with Crippen LogP contribution >= 0.6 is 11.3 Å². The summed E-state index contributed by atoms with van der Waals surface area (Å²) in [5.41, 5.74) is 0.721. The molecule has 136 valence electrons. The van der Waals surface area contributed by atoms with Crippen molar-refractivity contribution in [1.82, 2.24) is 4.57 Å². The summed E-state index contributed by atoms with van der Waals surface area (Å²) in [6.07, 6.45) is 1.68. The average molecular weight is 390 g/mol. The van der Waals surface area contributed by atoms with Crippen LogP contribution in [0.3, 0.4) is 0 Å². The van der Waals surface area contributed by atoms with Gasteiger partial charge in [-0.25, -0.2) is 0 Å². The lowest BCUT2D eigenvalue weighted by Gasteiger charge is -2.08. The topological polar surface area (TPSA) is 69.9 Å². The van der Waals surface area contributed by atoms with Crippen molar-refractivity contribution in [3.63, 3.8) is 0 Å². The summed E-state index contributed by atoms with van der Waals surface area (Å²) in [6, 6.07) is 11.7. The van der Waals surface area contributed by atoms with Gasteiger partial charge in [-0.15, -0.1) is 11.0 Å². The Morgan fingerprint density at radius 2 is 1.77 bits per heavy atom. The fourth-order valence-corrected chi connectivity index (χ4v) is 4.94. The first-order chi connectivity index (χ1) is 12.5. The summed E-state index contributed by atoms with van der Waals surface area (Å²) in [5, 5.41) is 0. The molecule has 0 atom stereocenters. The third-order valence-electron chi connectivity index (χ3n) is 3.74. The van der Waals surface area contributed by atoms with Crippen molar-refractivity contribution in [2.75, 3.05) is 14.2 Å². The second-order valence-corrected chi connectivity index (χ2v) is 7.89. The van der Waals surface area contributed by atoms with Crippen molar-refractivity contribution in [2.45, 2.75) is 11.4 Å². The highest BCUT2D eigenvalue weighted by Gasteiger charge is 2.18. The van der Waals surface area contributed by atoms with E-state index in [2.05, 4.69) is 11.0 Å². The number of rotatable bonds is 6. The van der Waals surface area contributed by atoms with Crippen LogP contribution in [0.4, 0.5) is 0 Å². The Bertz CT molecular complexity index is 1110. The first-order valence-corrected chi connectivity index (χ1v) is 9.98. The van der Waals surface area contributed by atoms with E-state index in [1.807, 2.05) is 0 Å². The molecule has 0 bridgehead atoms. The summed E-state index contributed by atoms with van der Waals surface area (Å²) < 4.78 is 42.8. The Morgan fingerprint density at radius 1 is 1.12 bits per heavy atom. The molecule has 26 heavy (non-hydrogen) atoms. The molecule has 1 aromatic heterocycles.